The summed E-state index contributed by atoms with van der Waals surface area (Å²) in [5.74, 6) is 0.289. The van der Waals surface area contributed by atoms with E-state index in [0.717, 1.165) is 28.8 Å². The second-order valence-corrected chi connectivity index (χ2v) is 7.10. The summed E-state index contributed by atoms with van der Waals surface area (Å²) in [6.07, 6.45) is 5.97. The van der Waals surface area contributed by atoms with E-state index in [2.05, 4.69) is 37.7 Å². The van der Waals surface area contributed by atoms with E-state index in [1.807, 2.05) is 50.4 Å². The van der Waals surface area contributed by atoms with Crippen LogP contribution in [0.2, 0.25) is 0 Å². The van der Waals surface area contributed by atoms with Gasteiger partial charge in [-0.3, -0.25) is 4.79 Å². The Labute approximate surface area is 169 Å². The largest absolute Gasteiger partial charge is 0.361 e. The first kappa shape index (κ1) is 18.7. The van der Waals surface area contributed by atoms with Crippen molar-refractivity contribution in [2.24, 2.45) is 0 Å². The highest BCUT2D eigenvalue weighted by atomic mass is 16.1. The Balaban J connectivity index is 1.35. The summed E-state index contributed by atoms with van der Waals surface area (Å²) >= 11 is 0. The lowest BCUT2D eigenvalue weighted by Gasteiger charge is -2.09. The maximum Gasteiger partial charge on any atom is 0.258 e. The van der Waals surface area contributed by atoms with Crippen LogP contribution in [-0.2, 0) is 6.42 Å². The van der Waals surface area contributed by atoms with Crippen LogP contribution in [0.25, 0.3) is 10.9 Å². The Morgan fingerprint density at radius 1 is 1.07 bits per heavy atom. The van der Waals surface area contributed by atoms with E-state index in [4.69, 9.17) is 0 Å². The zero-order valence-electron chi connectivity index (χ0n) is 16.5. The van der Waals surface area contributed by atoms with Crippen molar-refractivity contribution in [1.29, 1.82) is 0 Å². The van der Waals surface area contributed by atoms with E-state index in [-0.39, 0.29) is 5.91 Å². The van der Waals surface area contributed by atoms with Crippen LogP contribution in [-0.4, -0.2) is 27.4 Å². The van der Waals surface area contributed by atoms with Crippen molar-refractivity contribution in [3.05, 3.63) is 83.3 Å². The number of para-hydroxylation sites is 1. The van der Waals surface area contributed by atoms with Crippen LogP contribution < -0.4 is 10.6 Å². The molecule has 146 valence electrons. The van der Waals surface area contributed by atoms with Gasteiger partial charge in [-0.1, -0.05) is 30.3 Å². The summed E-state index contributed by atoms with van der Waals surface area (Å²) in [6, 6.07) is 14.2. The van der Waals surface area contributed by atoms with Crippen molar-refractivity contribution in [2.75, 3.05) is 17.2 Å². The van der Waals surface area contributed by atoms with E-state index < -0.39 is 0 Å². The monoisotopic (exact) mass is 385 g/mol. The molecule has 2 aromatic carbocycles. The molecule has 0 spiro atoms. The van der Waals surface area contributed by atoms with Gasteiger partial charge in [-0.05, 0) is 49.1 Å². The molecule has 6 nitrogen and oxygen atoms in total. The quantitative estimate of drug-likeness (QED) is 0.457. The molecule has 3 N–H and O–H groups in total. The maximum atomic E-state index is 12.5. The highest BCUT2D eigenvalue weighted by molar-refractivity contribution is 6.04. The summed E-state index contributed by atoms with van der Waals surface area (Å²) < 4.78 is 0. The van der Waals surface area contributed by atoms with Crippen LogP contribution >= 0.6 is 0 Å². The van der Waals surface area contributed by atoms with E-state index in [9.17, 15) is 4.79 Å². The molecule has 0 fully saturated rings. The standard InChI is InChI=1S/C23H23N5O/c1-15-7-8-16(2)21(11-15)28-22(29)18-13-26-23(27-14-18)24-10-9-17-12-25-20-6-4-3-5-19(17)20/h3-8,11-14,25H,9-10H2,1-2H3,(H,28,29)(H,24,26,27). The van der Waals surface area contributed by atoms with Gasteiger partial charge in [0.1, 0.15) is 0 Å². The third-order valence-electron chi connectivity index (χ3n) is 4.91. The smallest absolute Gasteiger partial charge is 0.258 e. The number of rotatable bonds is 6. The number of aromatic nitrogens is 3. The Hall–Kier alpha value is -3.67. The third-order valence-corrected chi connectivity index (χ3v) is 4.91. The normalized spacial score (nSPS) is 10.8. The summed E-state index contributed by atoms with van der Waals surface area (Å²) in [6.45, 7) is 4.66. The number of H-pyrrole nitrogens is 1. The van der Waals surface area contributed by atoms with Crippen molar-refractivity contribution in [2.45, 2.75) is 20.3 Å². The highest BCUT2D eigenvalue weighted by Gasteiger charge is 2.10. The number of hydrogen-bond donors (Lipinski definition) is 3. The Morgan fingerprint density at radius 3 is 2.69 bits per heavy atom. The van der Waals surface area contributed by atoms with Crippen LogP contribution in [0, 0.1) is 13.8 Å². The lowest BCUT2D eigenvalue weighted by Crippen LogP contribution is -2.14. The summed E-state index contributed by atoms with van der Waals surface area (Å²) in [4.78, 5) is 24.3. The first-order valence-corrected chi connectivity index (χ1v) is 9.59. The van der Waals surface area contributed by atoms with Gasteiger partial charge in [-0.25, -0.2) is 9.97 Å². The number of nitrogens with one attached hydrogen (secondary N) is 3. The van der Waals surface area contributed by atoms with Crippen LogP contribution in [0.3, 0.4) is 0 Å². The molecule has 0 saturated carbocycles. The van der Waals surface area contributed by atoms with Crippen LogP contribution in [0.1, 0.15) is 27.0 Å². The molecule has 0 bridgehead atoms. The Kier molecular flexibility index (Phi) is 5.24. The predicted octanol–water partition coefficient (Wildman–Crippen LogP) is 4.48. The fraction of sp³-hybridized carbons (Fsp3) is 0.174. The topological polar surface area (TPSA) is 82.7 Å². The summed E-state index contributed by atoms with van der Waals surface area (Å²) in [5.41, 5.74) is 5.72. The number of aryl methyl sites for hydroxylation is 2. The van der Waals surface area contributed by atoms with Crippen molar-refractivity contribution < 1.29 is 4.79 Å². The molecule has 0 atom stereocenters. The fourth-order valence-corrected chi connectivity index (χ4v) is 3.25. The van der Waals surface area contributed by atoms with Gasteiger partial charge in [0.25, 0.3) is 5.91 Å². The van der Waals surface area contributed by atoms with Crippen molar-refractivity contribution in [3.8, 4) is 0 Å². The van der Waals surface area contributed by atoms with Gasteiger partial charge in [0.05, 0.1) is 5.56 Å². The molecule has 29 heavy (non-hydrogen) atoms. The van der Waals surface area contributed by atoms with Gasteiger partial charge >= 0.3 is 0 Å². The predicted molar refractivity (Wildman–Crippen MR) is 116 cm³/mol. The van der Waals surface area contributed by atoms with E-state index in [1.54, 1.807) is 12.4 Å². The number of carbonyl (C=O) groups is 1. The molecular weight excluding hydrogens is 362 g/mol. The molecule has 0 saturated heterocycles. The van der Waals surface area contributed by atoms with Gasteiger partial charge < -0.3 is 15.6 Å². The lowest BCUT2D eigenvalue weighted by atomic mass is 10.1. The van der Waals surface area contributed by atoms with Gasteiger partial charge in [0.2, 0.25) is 5.95 Å². The molecule has 2 aromatic heterocycles. The van der Waals surface area contributed by atoms with Crippen LogP contribution in [0.4, 0.5) is 11.6 Å². The molecule has 2 heterocycles. The van der Waals surface area contributed by atoms with E-state index in [0.29, 0.717) is 18.1 Å². The molecule has 1 amide bonds. The zero-order chi connectivity index (χ0) is 20.2. The molecule has 0 radical (unpaired) electrons. The SMILES string of the molecule is Cc1ccc(C)c(NC(=O)c2cnc(NCCc3c[nH]c4ccccc34)nc2)c1. The Bertz CT molecular complexity index is 1150. The highest BCUT2D eigenvalue weighted by Crippen LogP contribution is 2.19. The first-order chi connectivity index (χ1) is 14.1. The molecule has 4 rings (SSSR count). The van der Waals surface area contributed by atoms with Gasteiger partial charge in [0, 0.05) is 41.7 Å². The summed E-state index contributed by atoms with van der Waals surface area (Å²) in [5, 5.41) is 7.37. The second-order valence-electron chi connectivity index (χ2n) is 7.10. The fourth-order valence-electron chi connectivity index (χ4n) is 3.25. The lowest BCUT2D eigenvalue weighted by molar-refractivity contribution is 0.102. The number of benzene rings is 2. The average Bonchev–Trinajstić information content (AvgIpc) is 3.14. The summed E-state index contributed by atoms with van der Waals surface area (Å²) in [7, 11) is 0. The molecule has 0 unspecified atom stereocenters. The first-order valence-electron chi connectivity index (χ1n) is 9.59. The number of nitrogens with zero attached hydrogens (tertiary/aromatic N) is 2. The van der Waals surface area contributed by atoms with Crippen LogP contribution in [0.15, 0.2) is 61.1 Å². The van der Waals surface area contributed by atoms with Crippen molar-refractivity contribution in [1.82, 2.24) is 15.0 Å². The van der Waals surface area contributed by atoms with E-state index in [1.165, 1.54) is 10.9 Å². The maximum absolute atomic E-state index is 12.5. The number of carbonyl (C=O) groups excluding carboxylic acids is 1. The minimum atomic E-state index is -0.218. The van der Waals surface area contributed by atoms with Gasteiger partial charge in [-0.2, -0.15) is 0 Å². The van der Waals surface area contributed by atoms with Crippen molar-refractivity contribution in [3.63, 3.8) is 0 Å². The number of aromatic amines is 1. The number of hydrogen-bond acceptors (Lipinski definition) is 4. The molecule has 0 aliphatic rings. The average molecular weight is 385 g/mol. The minimum absolute atomic E-state index is 0.218. The minimum Gasteiger partial charge on any atom is -0.361 e. The van der Waals surface area contributed by atoms with Gasteiger partial charge in [0.15, 0.2) is 0 Å². The molecule has 6 heteroatoms. The number of amides is 1. The van der Waals surface area contributed by atoms with Gasteiger partial charge in [-0.15, -0.1) is 0 Å². The van der Waals surface area contributed by atoms with E-state index >= 15 is 0 Å². The molecular formula is C23H23N5O. The third kappa shape index (κ3) is 4.27. The number of fused-ring (bicyclic) bond motifs is 1. The molecule has 0 aliphatic heterocycles. The Morgan fingerprint density at radius 2 is 1.86 bits per heavy atom. The molecule has 4 aromatic rings. The van der Waals surface area contributed by atoms with Crippen molar-refractivity contribution >= 4 is 28.4 Å². The second kappa shape index (κ2) is 8.14. The zero-order valence-corrected chi connectivity index (χ0v) is 16.5. The molecule has 0 aliphatic carbocycles. The van der Waals surface area contributed by atoms with Crippen LogP contribution in [0.5, 0.6) is 0 Å². The number of anilines is 2.